The molecule has 0 aromatic heterocycles. The zero-order chi connectivity index (χ0) is 16.9. The summed E-state index contributed by atoms with van der Waals surface area (Å²) in [5.74, 6) is -1.06. The van der Waals surface area contributed by atoms with Gasteiger partial charge in [-0.25, -0.2) is 0 Å². The number of rotatable bonds is 8. The molecule has 1 aliphatic heterocycles. The zero-order valence-corrected chi connectivity index (χ0v) is 15.1. The van der Waals surface area contributed by atoms with Gasteiger partial charge in [0.05, 0.1) is 0 Å². The van der Waals surface area contributed by atoms with Gasteiger partial charge in [0, 0.05) is 24.9 Å². The lowest BCUT2D eigenvalue weighted by molar-refractivity contribution is -0.139. The van der Waals surface area contributed by atoms with Crippen molar-refractivity contribution < 1.29 is 19.5 Å². The van der Waals surface area contributed by atoms with Gasteiger partial charge in [0.2, 0.25) is 5.91 Å². The van der Waals surface area contributed by atoms with E-state index in [1.54, 1.807) is 0 Å². The summed E-state index contributed by atoms with van der Waals surface area (Å²) in [7, 11) is 0. The van der Waals surface area contributed by atoms with Crippen LogP contribution in [0.4, 0.5) is 0 Å². The van der Waals surface area contributed by atoms with Crippen LogP contribution in [0, 0.1) is 11.8 Å². The van der Waals surface area contributed by atoms with E-state index in [9.17, 15) is 19.5 Å². The summed E-state index contributed by atoms with van der Waals surface area (Å²) in [6.07, 6.45) is 3.02. The van der Waals surface area contributed by atoms with Gasteiger partial charge >= 0.3 is 5.97 Å². The maximum Gasteiger partial charge on any atom is 0.320 e. The van der Waals surface area contributed by atoms with E-state index in [-0.39, 0.29) is 48.5 Å². The van der Waals surface area contributed by atoms with Crippen molar-refractivity contribution >= 4 is 30.1 Å². The van der Waals surface area contributed by atoms with Gasteiger partial charge in [-0.1, -0.05) is 26.7 Å². The molecule has 6 nitrogen and oxygen atoms in total. The number of carbonyl (C=O) groups is 3. The largest absolute Gasteiger partial charge is 0.480 e. The summed E-state index contributed by atoms with van der Waals surface area (Å²) in [6.45, 7) is 7.14. The van der Waals surface area contributed by atoms with Crippen LogP contribution in [0.25, 0.3) is 0 Å². The summed E-state index contributed by atoms with van der Waals surface area (Å²) >= 11 is 0. The molecular formula is C16H29ClN2O4. The molecule has 0 unspecified atom stereocenters. The van der Waals surface area contributed by atoms with E-state index in [0.717, 1.165) is 19.3 Å². The first-order chi connectivity index (χ1) is 10.3. The van der Waals surface area contributed by atoms with Crippen LogP contribution in [0.3, 0.4) is 0 Å². The zero-order valence-electron chi connectivity index (χ0n) is 14.3. The number of carbonyl (C=O) groups excluding carboxylic acids is 2. The van der Waals surface area contributed by atoms with E-state index < -0.39 is 12.0 Å². The Kier molecular flexibility index (Phi) is 9.39. The first kappa shape index (κ1) is 21.9. The minimum atomic E-state index is -0.946. The van der Waals surface area contributed by atoms with Gasteiger partial charge in [-0.2, -0.15) is 0 Å². The lowest BCUT2D eigenvalue weighted by Gasteiger charge is -2.31. The molecule has 134 valence electrons. The van der Waals surface area contributed by atoms with Crippen LogP contribution < -0.4 is 10.6 Å². The molecule has 1 aliphatic rings. The van der Waals surface area contributed by atoms with Crippen molar-refractivity contribution in [1.82, 2.24) is 10.6 Å². The van der Waals surface area contributed by atoms with Crippen molar-refractivity contribution in [3.05, 3.63) is 0 Å². The van der Waals surface area contributed by atoms with Gasteiger partial charge in [0.1, 0.15) is 11.8 Å². The first-order valence-electron chi connectivity index (χ1n) is 8.06. The molecule has 4 atom stereocenters. The van der Waals surface area contributed by atoms with Crippen LogP contribution >= 0.6 is 12.4 Å². The van der Waals surface area contributed by atoms with Gasteiger partial charge < -0.3 is 10.4 Å². The second kappa shape index (κ2) is 9.88. The van der Waals surface area contributed by atoms with Crippen LogP contribution in [-0.2, 0) is 14.4 Å². The average molecular weight is 349 g/mol. The van der Waals surface area contributed by atoms with Gasteiger partial charge in [0.15, 0.2) is 0 Å². The summed E-state index contributed by atoms with van der Waals surface area (Å²) in [4.78, 5) is 34.6. The molecule has 7 heteroatoms. The Morgan fingerprint density at radius 2 is 1.78 bits per heavy atom. The third-order valence-corrected chi connectivity index (χ3v) is 4.70. The predicted octanol–water partition coefficient (Wildman–Crippen LogP) is 1.76. The number of amides is 1. The third-order valence-electron chi connectivity index (χ3n) is 4.70. The van der Waals surface area contributed by atoms with Crippen molar-refractivity contribution in [1.29, 1.82) is 0 Å². The van der Waals surface area contributed by atoms with E-state index in [0.29, 0.717) is 5.92 Å². The molecule has 23 heavy (non-hydrogen) atoms. The molecule has 0 aromatic rings. The van der Waals surface area contributed by atoms with Crippen molar-refractivity contribution in [3.63, 3.8) is 0 Å². The number of Topliss-reactive ketones (excluding diaryl/α,β-unsaturated/α-hetero) is 1. The minimum absolute atomic E-state index is 0. The Bertz CT molecular complexity index is 426. The van der Waals surface area contributed by atoms with Gasteiger partial charge in [-0.3, -0.25) is 19.7 Å². The fraction of sp³-hybridized carbons (Fsp3) is 0.812. The number of nitrogens with one attached hydrogen (secondary N) is 2. The molecule has 0 aliphatic carbocycles. The second-order valence-electron chi connectivity index (χ2n) is 6.26. The molecule has 1 fully saturated rings. The van der Waals surface area contributed by atoms with Crippen molar-refractivity contribution in [2.45, 2.75) is 71.5 Å². The van der Waals surface area contributed by atoms with Crippen LogP contribution in [-0.4, -0.2) is 40.9 Å². The third kappa shape index (κ3) is 6.11. The van der Waals surface area contributed by atoms with E-state index in [4.69, 9.17) is 0 Å². The Morgan fingerprint density at radius 3 is 2.17 bits per heavy atom. The molecule has 3 N–H and O–H groups in total. The average Bonchev–Trinajstić information content (AvgIpc) is 2.88. The topological polar surface area (TPSA) is 95.5 Å². The Morgan fingerprint density at radius 1 is 1.22 bits per heavy atom. The summed E-state index contributed by atoms with van der Waals surface area (Å²) in [5.41, 5.74) is 0. The van der Waals surface area contributed by atoms with E-state index in [1.807, 2.05) is 0 Å². The van der Waals surface area contributed by atoms with E-state index in [1.165, 1.54) is 13.8 Å². The van der Waals surface area contributed by atoms with E-state index >= 15 is 0 Å². The van der Waals surface area contributed by atoms with Crippen molar-refractivity contribution in [2.75, 3.05) is 0 Å². The molecule has 0 saturated carbocycles. The number of aliphatic carboxylic acids is 1. The van der Waals surface area contributed by atoms with Crippen molar-refractivity contribution in [3.8, 4) is 0 Å². The van der Waals surface area contributed by atoms with Crippen LogP contribution in [0.2, 0.25) is 0 Å². The molecule has 0 aromatic carbocycles. The second-order valence-corrected chi connectivity index (χ2v) is 6.26. The molecule has 1 saturated heterocycles. The summed E-state index contributed by atoms with van der Waals surface area (Å²) in [6, 6.07) is -1.26. The highest BCUT2D eigenvalue weighted by molar-refractivity contribution is 5.85. The number of carboxylic acids is 1. The Hall–Kier alpha value is -1.14. The SMILES string of the molecule is CCC(CC)C[C@H](NC(C)=O)[C@@H]1N[C@@H](C(=O)O)C[C@H]1C(C)=O.Cl. The maximum absolute atomic E-state index is 11.9. The van der Waals surface area contributed by atoms with Crippen LogP contribution in [0.15, 0.2) is 0 Å². The number of hydrogen-bond donors (Lipinski definition) is 3. The number of ketones is 1. The number of halogens is 1. The first-order valence-corrected chi connectivity index (χ1v) is 8.06. The fourth-order valence-electron chi connectivity index (χ4n) is 3.34. The lowest BCUT2D eigenvalue weighted by Crippen LogP contribution is -2.53. The molecule has 0 spiro atoms. The molecular weight excluding hydrogens is 320 g/mol. The molecule has 0 bridgehead atoms. The van der Waals surface area contributed by atoms with Gasteiger partial charge in [-0.15, -0.1) is 12.4 Å². The fourth-order valence-corrected chi connectivity index (χ4v) is 3.34. The monoisotopic (exact) mass is 348 g/mol. The Balaban J connectivity index is 0.00000484. The smallest absolute Gasteiger partial charge is 0.320 e. The van der Waals surface area contributed by atoms with Gasteiger partial charge in [-0.05, 0) is 25.7 Å². The number of hydrogen-bond acceptors (Lipinski definition) is 4. The highest BCUT2D eigenvalue weighted by atomic mass is 35.5. The Labute approximate surface area is 144 Å². The van der Waals surface area contributed by atoms with Crippen LogP contribution in [0.5, 0.6) is 0 Å². The summed E-state index contributed by atoms with van der Waals surface area (Å²) in [5, 5.41) is 15.2. The quantitative estimate of drug-likeness (QED) is 0.621. The van der Waals surface area contributed by atoms with Crippen LogP contribution in [0.1, 0.15) is 53.4 Å². The maximum atomic E-state index is 11.9. The van der Waals surface area contributed by atoms with E-state index in [2.05, 4.69) is 24.5 Å². The number of carboxylic acid groups (broad SMARTS) is 1. The minimum Gasteiger partial charge on any atom is -0.480 e. The highest BCUT2D eigenvalue weighted by Crippen LogP contribution is 2.28. The van der Waals surface area contributed by atoms with Crippen molar-refractivity contribution in [2.24, 2.45) is 11.8 Å². The van der Waals surface area contributed by atoms with Gasteiger partial charge in [0.25, 0.3) is 0 Å². The molecule has 1 heterocycles. The summed E-state index contributed by atoms with van der Waals surface area (Å²) < 4.78 is 0. The molecule has 0 radical (unpaired) electrons. The highest BCUT2D eigenvalue weighted by Gasteiger charge is 2.43. The molecule has 1 rings (SSSR count). The lowest BCUT2D eigenvalue weighted by atomic mass is 9.84. The predicted molar refractivity (Wildman–Crippen MR) is 90.7 cm³/mol. The standard InChI is InChI=1S/C16H28N2O4.ClH/c1-5-11(6-2)7-13(17-10(4)20)15-12(9(3)19)8-14(18-15)16(21)22;/h11-15,18H,5-8H2,1-4H3,(H,17,20)(H,21,22);1H/t12-,13-,14+,15+;/m0./s1. The molecule has 1 amide bonds. The normalized spacial score (nSPS) is 24.8.